The molecule has 0 aliphatic rings. The zero-order valence-corrected chi connectivity index (χ0v) is 11.0. The second kappa shape index (κ2) is 6.81. The summed E-state index contributed by atoms with van der Waals surface area (Å²) in [4.78, 5) is 23.9. The van der Waals surface area contributed by atoms with Crippen LogP contribution in [0.5, 0.6) is 0 Å². The van der Waals surface area contributed by atoms with Crippen molar-refractivity contribution in [2.24, 2.45) is 0 Å². The Hall–Kier alpha value is -1.81. The Morgan fingerprint density at radius 2 is 2.06 bits per heavy atom. The molecule has 0 saturated carbocycles. The number of nitrogens with zero attached hydrogens (tertiary/aromatic N) is 1. The molecule has 0 aliphatic heterocycles. The molecule has 0 saturated heterocycles. The average molecular weight is 268 g/mol. The number of carbonyl (C=O) groups is 2. The first-order valence-electron chi connectivity index (χ1n) is 5.29. The van der Waals surface area contributed by atoms with Gasteiger partial charge in [0.15, 0.2) is 0 Å². The Bertz CT molecular complexity index is 471. The van der Waals surface area contributed by atoms with E-state index in [2.05, 4.69) is 4.74 Å². The standard InChI is InChI=1S/C13H14ClNO3/c1-15(9-13(17)18-2)12(16)8-7-10-5-3-4-6-11(10)14/h3-8H,9H2,1-2H3. The average Bonchev–Trinajstić information content (AvgIpc) is 2.37. The van der Waals surface area contributed by atoms with Crippen molar-refractivity contribution in [3.63, 3.8) is 0 Å². The largest absolute Gasteiger partial charge is 0.468 e. The van der Waals surface area contributed by atoms with E-state index in [4.69, 9.17) is 11.6 Å². The molecule has 0 aliphatic carbocycles. The van der Waals surface area contributed by atoms with Gasteiger partial charge in [0.05, 0.1) is 7.11 Å². The molecule has 0 unspecified atom stereocenters. The van der Waals surface area contributed by atoms with E-state index in [1.54, 1.807) is 18.2 Å². The summed E-state index contributed by atoms with van der Waals surface area (Å²) in [5.74, 6) is -0.752. The Kier molecular flexibility index (Phi) is 5.39. The molecule has 1 aromatic carbocycles. The molecule has 0 N–H and O–H groups in total. The van der Waals surface area contributed by atoms with Crippen LogP contribution < -0.4 is 0 Å². The van der Waals surface area contributed by atoms with Gasteiger partial charge in [-0.2, -0.15) is 0 Å². The Labute approximate surface area is 111 Å². The van der Waals surface area contributed by atoms with E-state index in [0.717, 1.165) is 5.56 Å². The lowest BCUT2D eigenvalue weighted by molar-refractivity contribution is -0.144. The fourth-order valence-corrected chi connectivity index (χ4v) is 1.43. The molecule has 0 heterocycles. The van der Waals surface area contributed by atoms with Crippen LogP contribution in [0.4, 0.5) is 0 Å². The first-order valence-corrected chi connectivity index (χ1v) is 5.67. The third-order valence-corrected chi connectivity index (χ3v) is 2.63. The minimum atomic E-state index is -0.461. The number of halogens is 1. The minimum Gasteiger partial charge on any atom is -0.468 e. The zero-order valence-electron chi connectivity index (χ0n) is 10.2. The molecular formula is C13H14ClNO3. The van der Waals surface area contributed by atoms with E-state index in [9.17, 15) is 9.59 Å². The van der Waals surface area contributed by atoms with Crippen molar-refractivity contribution >= 4 is 29.6 Å². The first-order chi connectivity index (χ1) is 8.54. The molecule has 1 rings (SSSR count). The van der Waals surface area contributed by atoms with Crippen molar-refractivity contribution < 1.29 is 14.3 Å². The fourth-order valence-electron chi connectivity index (χ4n) is 1.23. The number of ether oxygens (including phenoxy) is 1. The summed E-state index contributed by atoms with van der Waals surface area (Å²) in [6.07, 6.45) is 2.97. The van der Waals surface area contributed by atoms with Crippen LogP contribution in [0.3, 0.4) is 0 Å². The second-order valence-electron chi connectivity index (χ2n) is 3.63. The van der Waals surface area contributed by atoms with Gasteiger partial charge in [-0.05, 0) is 17.7 Å². The molecule has 0 spiro atoms. The van der Waals surface area contributed by atoms with Crippen LogP contribution in [0.25, 0.3) is 6.08 Å². The van der Waals surface area contributed by atoms with Crippen molar-refractivity contribution in [3.8, 4) is 0 Å². The lowest BCUT2D eigenvalue weighted by atomic mass is 10.2. The molecule has 0 fully saturated rings. The highest BCUT2D eigenvalue weighted by molar-refractivity contribution is 6.32. The van der Waals surface area contributed by atoms with Crippen LogP contribution in [0, 0.1) is 0 Å². The van der Waals surface area contributed by atoms with E-state index >= 15 is 0 Å². The first kappa shape index (κ1) is 14.3. The minimum absolute atomic E-state index is 0.0812. The van der Waals surface area contributed by atoms with Crippen LogP contribution in [-0.4, -0.2) is 37.5 Å². The summed E-state index contributed by atoms with van der Waals surface area (Å²) in [7, 11) is 2.80. The topological polar surface area (TPSA) is 46.6 Å². The van der Waals surface area contributed by atoms with Gasteiger partial charge in [0.25, 0.3) is 0 Å². The van der Waals surface area contributed by atoms with Gasteiger partial charge in [-0.15, -0.1) is 0 Å². The predicted octanol–water partition coefficient (Wildman–Crippen LogP) is 1.98. The van der Waals surface area contributed by atoms with Gasteiger partial charge in [0, 0.05) is 18.1 Å². The van der Waals surface area contributed by atoms with Crippen molar-refractivity contribution in [2.45, 2.75) is 0 Å². The Morgan fingerprint density at radius 3 is 2.67 bits per heavy atom. The molecule has 0 radical (unpaired) electrons. The van der Waals surface area contributed by atoms with E-state index in [1.165, 1.54) is 25.1 Å². The maximum absolute atomic E-state index is 11.7. The number of rotatable bonds is 4. The highest BCUT2D eigenvalue weighted by Gasteiger charge is 2.10. The Morgan fingerprint density at radius 1 is 1.39 bits per heavy atom. The molecule has 1 aromatic rings. The van der Waals surface area contributed by atoms with Crippen LogP contribution in [0.2, 0.25) is 5.02 Å². The molecule has 0 aromatic heterocycles. The number of hydrogen-bond donors (Lipinski definition) is 0. The summed E-state index contributed by atoms with van der Waals surface area (Å²) < 4.78 is 4.47. The van der Waals surface area contributed by atoms with Crippen LogP contribution in [-0.2, 0) is 14.3 Å². The number of amides is 1. The summed E-state index contributed by atoms with van der Waals surface area (Å²) in [6.45, 7) is -0.0812. The van der Waals surface area contributed by atoms with Gasteiger partial charge in [0.1, 0.15) is 6.54 Å². The van der Waals surface area contributed by atoms with Crippen LogP contribution in [0.1, 0.15) is 5.56 Å². The summed E-state index contributed by atoms with van der Waals surface area (Å²) in [5.41, 5.74) is 0.749. The SMILES string of the molecule is COC(=O)CN(C)C(=O)C=Cc1ccccc1Cl. The summed E-state index contributed by atoms with van der Waals surface area (Å²) in [5, 5.41) is 0.567. The molecule has 1 amide bonds. The molecule has 96 valence electrons. The van der Waals surface area contributed by atoms with Gasteiger partial charge >= 0.3 is 5.97 Å². The normalized spacial score (nSPS) is 10.4. The number of likely N-dealkylation sites (N-methyl/N-ethyl adjacent to an activating group) is 1. The molecular weight excluding hydrogens is 254 g/mol. The van der Waals surface area contributed by atoms with Crippen molar-refractivity contribution in [1.82, 2.24) is 4.90 Å². The third kappa shape index (κ3) is 4.22. The molecule has 4 nitrogen and oxygen atoms in total. The van der Waals surface area contributed by atoms with E-state index < -0.39 is 5.97 Å². The lowest BCUT2D eigenvalue weighted by Gasteiger charge is -2.12. The lowest BCUT2D eigenvalue weighted by Crippen LogP contribution is -2.31. The van der Waals surface area contributed by atoms with Crippen molar-refractivity contribution in [1.29, 1.82) is 0 Å². The third-order valence-electron chi connectivity index (χ3n) is 2.28. The molecule has 0 bridgehead atoms. The fraction of sp³-hybridized carbons (Fsp3) is 0.231. The van der Waals surface area contributed by atoms with Crippen LogP contribution >= 0.6 is 11.6 Å². The predicted molar refractivity (Wildman–Crippen MR) is 70.1 cm³/mol. The van der Waals surface area contributed by atoms with Gasteiger partial charge < -0.3 is 9.64 Å². The molecule has 0 atom stereocenters. The highest BCUT2D eigenvalue weighted by atomic mass is 35.5. The monoisotopic (exact) mass is 267 g/mol. The number of carbonyl (C=O) groups excluding carboxylic acids is 2. The van der Waals surface area contributed by atoms with Gasteiger partial charge in [-0.3, -0.25) is 9.59 Å². The van der Waals surface area contributed by atoms with E-state index in [0.29, 0.717) is 5.02 Å². The summed E-state index contributed by atoms with van der Waals surface area (Å²) in [6, 6.07) is 7.18. The van der Waals surface area contributed by atoms with Gasteiger partial charge in [0.2, 0.25) is 5.91 Å². The quantitative estimate of drug-likeness (QED) is 0.619. The number of esters is 1. The van der Waals surface area contributed by atoms with E-state index in [-0.39, 0.29) is 12.5 Å². The maximum atomic E-state index is 11.7. The summed E-state index contributed by atoms with van der Waals surface area (Å²) >= 11 is 5.94. The smallest absolute Gasteiger partial charge is 0.325 e. The molecule has 18 heavy (non-hydrogen) atoms. The number of hydrogen-bond acceptors (Lipinski definition) is 3. The van der Waals surface area contributed by atoms with Crippen molar-refractivity contribution in [2.75, 3.05) is 20.7 Å². The van der Waals surface area contributed by atoms with E-state index in [1.807, 2.05) is 12.1 Å². The highest BCUT2D eigenvalue weighted by Crippen LogP contribution is 2.16. The number of methoxy groups -OCH3 is 1. The van der Waals surface area contributed by atoms with Gasteiger partial charge in [-0.25, -0.2) is 0 Å². The zero-order chi connectivity index (χ0) is 13.5. The van der Waals surface area contributed by atoms with Crippen molar-refractivity contribution in [3.05, 3.63) is 40.9 Å². The second-order valence-corrected chi connectivity index (χ2v) is 4.03. The Balaban J connectivity index is 2.65. The van der Waals surface area contributed by atoms with Gasteiger partial charge in [-0.1, -0.05) is 29.8 Å². The molecule has 5 heteroatoms. The maximum Gasteiger partial charge on any atom is 0.325 e. The number of benzene rings is 1. The van der Waals surface area contributed by atoms with Crippen LogP contribution in [0.15, 0.2) is 30.3 Å².